The fraction of sp³-hybridized carbons (Fsp3) is 0.143. The molecule has 0 bridgehead atoms. The zero-order chi connectivity index (χ0) is 12.4. The van der Waals surface area contributed by atoms with Gasteiger partial charge in [-0.25, -0.2) is 0 Å². The van der Waals surface area contributed by atoms with Crippen LogP contribution in [0.15, 0.2) is 41.2 Å². The van der Waals surface area contributed by atoms with Gasteiger partial charge < -0.3 is 0 Å². The van der Waals surface area contributed by atoms with Crippen molar-refractivity contribution in [2.75, 3.05) is 0 Å². The van der Waals surface area contributed by atoms with Gasteiger partial charge in [0.2, 0.25) is 0 Å². The minimum atomic E-state index is -0.267. The zero-order valence-electron chi connectivity index (χ0n) is 9.77. The van der Waals surface area contributed by atoms with Crippen LogP contribution in [0.5, 0.6) is 0 Å². The molecule has 3 heteroatoms. The molecule has 0 fully saturated rings. The lowest BCUT2D eigenvalue weighted by Crippen LogP contribution is -2.22. The molecule has 0 unspecified atom stereocenters. The van der Waals surface area contributed by atoms with Gasteiger partial charge in [-0.15, -0.1) is 0 Å². The van der Waals surface area contributed by atoms with Crippen LogP contribution in [-0.4, -0.2) is 4.57 Å². The number of nitriles is 1. The van der Waals surface area contributed by atoms with Crippen molar-refractivity contribution >= 4 is 0 Å². The van der Waals surface area contributed by atoms with Crippen LogP contribution in [0.25, 0.3) is 5.69 Å². The highest BCUT2D eigenvalue weighted by Gasteiger charge is 2.07. The summed E-state index contributed by atoms with van der Waals surface area (Å²) in [5, 5.41) is 8.86. The SMILES string of the molecule is Cc1ccc(-n2c(C)ccc(C#N)c2=O)cc1. The van der Waals surface area contributed by atoms with Gasteiger partial charge in [-0.05, 0) is 38.1 Å². The van der Waals surface area contributed by atoms with Crippen LogP contribution in [0, 0.1) is 25.2 Å². The number of benzene rings is 1. The summed E-state index contributed by atoms with van der Waals surface area (Å²) in [5.74, 6) is 0. The summed E-state index contributed by atoms with van der Waals surface area (Å²) in [5.41, 5.74) is 2.64. The molecule has 0 aliphatic rings. The van der Waals surface area contributed by atoms with E-state index in [-0.39, 0.29) is 11.1 Å². The molecule has 1 aromatic heterocycles. The first-order valence-electron chi connectivity index (χ1n) is 5.33. The molecule has 0 saturated carbocycles. The number of rotatable bonds is 1. The molecule has 0 N–H and O–H groups in total. The molecule has 0 spiro atoms. The van der Waals surface area contributed by atoms with Gasteiger partial charge in [0, 0.05) is 11.4 Å². The number of nitrogens with zero attached hydrogens (tertiary/aromatic N) is 2. The quantitative estimate of drug-likeness (QED) is 0.746. The van der Waals surface area contributed by atoms with E-state index in [1.807, 2.05) is 44.2 Å². The second-order valence-corrected chi connectivity index (χ2v) is 3.98. The molecule has 17 heavy (non-hydrogen) atoms. The van der Waals surface area contributed by atoms with E-state index in [2.05, 4.69) is 0 Å². The van der Waals surface area contributed by atoms with Crippen molar-refractivity contribution in [2.45, 2.75) is 13.8 Å². The summed E-state index contributed by atoms with van der Waals surface area (Å²) in [4.78, 5) is 12.0. The molecule has 1 aromatic carbocycles. The first-order chi connectivity index (χ1) is 8.13. The van der Waals surface area contributed by atoms with Crippen molar-refractivity contribution < 1.29 is 0 Å². The molecule has 0 radical (unpaired) electrons. The highest BCUT2D eigenvalue weighted by molar-refractivity contribution is 5.39. The van der Waals surface area contributed by atoms with Crippen molar-refractivity contribution in [3.8, 4) is 11.8 Å². The van der Waals surface area contributed by atoms with E-state index >= 15 is 0 Å². The average Bonchev–Trinajstić information content (AvgIpc) is 2.32. The third-order valence-electron chi connectivity index (χ3n) is 2.69. The standard InChI is InChI=1S/C14H12N2O/c1-10-3-7-13(8-4-10)16-11(2)5-6-12(9-15)14(16)17/h3-8H,1-2H3. The van der Waals surface area contributed by atoms with Gasteiger partial charge in [0.1, 0.15) is 11.6 Å². The van der Waals surface area contributed by atoms with Gasteiger partial charge in [0.25, 0.3) is 5.56 Å². The van der Waals surface area contributed by atoms with Crippen molar-refractivity contribution in [2.24, 2.45) is 0 Å². The first-order valence-corrected chi connectivity index (χ1v) is 5.33. The molecule has 1 heterocycles. The van der Waals surface area contributed by atoms with E-state index in [1.54, 1.807) is 16.7 Å². The predicted molar refractivity (Wildman–Crippen MR) is 66.2 cm³/mol. The monoisotopic (exact) mass is 224 g/mol. The van der Waals surface area contributed by atoms with Crippen LogP contribution in [0.3, 0.4) is 0 Å². The topological polar surface area (TPSA) is 45.8 Å². The smallest absolute Gasteiger partial charge is 0.273 e. The Hall–Kier alpha value is -2.34. The predicted octanol–water partition coefficient (Wildman–Crippen LogP) is 2.33. The fourth-order valence-corrected chi connectivity index (χ4v) is 1.73. The number of aryl methyl sites for hydroxylation is 2. The minimum Gasteiger partial charge on any atom is -0.280 e. The third kappa shape index (κ3) is 1.98. The van der Waals surface area contributed by atoms with E-state index in [9.17, 15) is 4.79 Å². The van der Waals surface area contributed by atoms with Crippen molar-refractivity contribution in [1.29, 1.82) is 5.26 Å². The Labute approximate surface area is 99.6 Å². The second kappa shape index (κ2) is 4.26. The van der Waals surface area contributed by atoms with Crippen molar-refractivity contribution in [3.05, 3.63) is 63.6 Å². The first kappa shape index (κ1) is 11.2. The lowest BCUT2D eigenvalue weighted by atomic mass is 10.2. The van der Waals surface area contributed by atoms with Crippen LogP contribution in [0.2, 0.25) is 0 Å². The molecule has 0 atom stereocenters. The maximum Gasteiger partial charge on any atom is 0.273 e. The van der Waals surface area contributed by atoms with E-state index in [0.29, 0.717) is 0 Å². The molecule has 0 aliphatic carbocycles. The summed E-state index contributed by atoms with van der Waals surface area (Å²) >= 11 is 0. The van der Waals surface area contributed by atoms with Gasteiger partial charge in [0.15, 0.2) is 0 Å². The number of pyridine rings is 1. The molecule has 0 amide bonds. The Balaban J connectivity index is 2.71. The Morgan fingerprint density at radius 2 is 1.71 bits per heavy atom. The van der Waals surface area contributed by atoms with E-state index in [1.165, 1.54) is 0 Å². The summed E-state index contributed by atoms with van der Waals surface area (Å²) in [6, 6.07) is 12.9. The van der Waals surface area contributed by atoms with E-state index in [0.717, 1.165) is 16.9 Å². The van der Waals surface area contributed by atoms with Gasteiger partial charge in [-0.3, -0.25) is 9.36 Å². The number of hydrogen-bond acceptors (Lipinski definition) is 2. The van der Waals surface area contributed by atoms with Gasteiger partial charge in [-0.2, -0.15) is 5.26 Å². The van der Waals surface area contributed by atoms with E-state index < -0.39 is 0 Å². The van der Waals surface area contributed by atoms with Crippen molar-refractivity contribution in [3.63, 3.8) is 0 Å². The Bertz CT molecular complexity index is 645. The third-order valence-corrected chi connectivity index (χ3v) is 2.69. The summed E-state index contributed by atoms with van der Waals surface area (Å²) in [6.07, 6.45) is 0. The lowest BCUT2D eigenvalue weighted by molar-refractivity contribution is 0.927. The fourth-order valence-electron chi connectivity index (χ4n) is 1.73. The van der Waals surface area contributed by atoms with Crippen LogP contribution in [-0.2, 0) is 0 Å². The highest BCUT2D eigenvalue weighted by atomic mass is 16.1. The van der Waals surface area contributed by atoms with Gasteiger partial charge >= 0.3 is 0 Å². The number of aromatic nitrogens is 1. The lowest BCUT2D eigenvalue weighted by Gasteiger charge is -2.10. The highest BCUT2D eigenvalue weighted by Crippen LogP contribution is 2.10. The molecular formula is C14H12N2O. The average molecular weight is 224 g/mol. The molecular weight excluding hydrogens is 212 g/mol. The molecule has 84 valence electrons. The largest absolute Gasteiger partial charge is 0.280 e. The van der Waals surface area contributed by atoms with Gasteiger partial charge in [-0.1, -0.05) is 17.7 Å². The molecule has 0 saturated heterocycles. The Morgan fingerprint density at radius 1 is 1.06 bits per heavy atom. The maximum atomic E-state index is 12.0. The summed E-state index contributed by atoms with van der Waals surface area (Å²) in [7, 11) is 0. The second-order valence-electron chi connectivity index (χ2n) is 3.98. The summed E-state index contributed by atoms with van der Waals surface area (Å²) < 4.78 is 1.55. The number of hydrogen-bond donors (Lipinski definition) is 0. The molecule has 2 aromatic rings. The summed E-state index contributed by atoms with van der Waals surface area (Å²) in [6.45, 7) is 3.84. The normalized spacial score (nSPS) is 9.94. The van der Waals surface area contributed by atoms with Crippen LogP contribution in [0.1, 0.15) is 16.8 Å². The van der Waals surface area contributed by atoms with Crippen LogP contribution < -0.4 is 5.56 Å². The Kier molecular flexibility index (Phi) is 2.80. The molecule has 0 aliphatic heterocycles. The Morgan fingerprint density at radius 3 is 2.29 bits per heavy atom. The molecule has 2 rings (SSSR count). The maximum absolute atomic E-state index is 12.0. The van der Waals surface area contributed by atoms with Crippen molar-refractivity contribution in [1.82, 2.24) is 4.57 Å². The van der Waals surface area contributed by atoms with Crippen LogP contribution in [0.4, 0.5) is 0 Å². The van der Waals surface area contributed by atoms with Gasteiger partial charge in [0.05, 0.1) is 0 Å². The zero-order valence-corrected chi connectivity index (χ0v) is 9.77. The molecule has 3 nitrogen and oxygen atoms in total. The van der Waals surface area contributed by atoms with E-state index in [4.69, 9.17) is 5.26 Å². The van der Waals surface area contributed by atoms with Crippen LogP contribution >= 0.6 is 0 Å². The minimum absolute atomic E-state index is 0.163.